The van der Waals surface area contributed by atoms with Crippen LogP contribution in [0.2, 0.25) is 0 Å². The minimum absolute atomic E-state index is 0.840. The predicted molar refractivity (Wildman–Crippen MR) is 96.0 cm³/mol. The van der Waals surface area contributed by atoms with E-state index in [0.29, 0.717) is 0 Å². The Kier molecular flexibility index (Phi) is 5.53. The Balaban J connectivity index is 1.61. The molecule has 5 heteroatoms. The molecule has 24 heavy (non-hydrogen) atoms. The van der Waals surface area contributed by atoms with Crippen molar-refractivity contribution >= 4 is 0 Å². The lowest BCUT2D eigenvalue weighted by molar-refractivity contribution is 0.320. The molecule has 1 saturated heterocycles. The molecular formula is C19H28N4O. The smallest absolute Gasteiger partial charge is 0.123 e. The van der Waals surface area contributed by atoms with Gasteiger partial charge in [0.15, 0.2) is 0 Å². The van der Waals surface area contributed by atoms with E-state index in [1.807, 2.05) is 17.9 Å². The number of hydrogen-bond donors (Lipinski definition) is 1. The molecule has 1 aliphatic rings. The van der Waals surface area contributed by atoms with Crippen LogP contribution >= 0.6 is 0 Å². The summed E-state index contributed by atoms with van der Waals surface area (Å²) in [6.45, 7) is 7.18. The number of benzene rings is 1. The fourth-order valence-electron chi connectivity index (χ4n) is 3.31. The van der Waals surface area contributed by atoms with E-state index >= 15 is 0 Å². The van der Waals surface area contributed by atoms with E-state index in [2.05, 4.69) is 40.4 Å². The minimum Gasteiger partial charge on any atom is -0.496 e. The summed E-state index contributed by atoms with van der Waals surface area (Å²) >= 11 is 0. The van der Waals surface area contributed by atoms with Gasteiger partial charge >= 0.3 is 0 Å². The number of methoxy groups -OCH3 is 1. The van der Waals surface area contributed by atoms with Crippen molar-refractivity contribution in [1.82, 2.24) is 20.0 Å². The maximum atomic E-state index is 5.54. The van der Waals surface area contributed by atoms with Crippen LogP contribution < -0.4 is 10.1 Å². The lowest BCUT2D eigenvalue weighted by Crippen LogP contribution is -2.19. The number of rotatable bonds is 7. The second kappa shape index (κ2) is 7.81. The van der Waals surface area contributed by atoms with Crippen molar-refractivity contribution in [3.63, 3.8) is 0 Å². The molecule has 0 atom stereocenters. The summed E-state index contributed by atoms with van der Waals surface area (Å²) < 4.78 is 7.46. The van der Waals surface area contributed by atoms with Crippen LogP contribution in [0.5, 0.6) is 5.75 Å². The Labute approximate surface area is 144 Å². The van der Waals surface area contributed by atoms with Crippen molar-refractivity contribution in [2.24, 2.45) is 7.05 Å². The third kappa shape index (κ3) is 3.97. The normalized spacial score (nSPS) is 15.1. The Morgan fingerprint density at radius 3 is 2.62 bits per heavy atom. The van der Waals surface area contributed by atoms with Crippen LogP contribution in [0.1, 0.15) is 35.2 Å². The van der Waals surface area contributed by atoms with Gasteiger partial charge < -0.3 is 10.1 Å². The number of aromatic nitrogens is 2. The molecule has 2 aromatic rings. The average molecular weight is 328 g/mol. The average Bonchev–Trinajstić information content (AvgIpc) is 3.20. The fraction of sp³-hybridized carbons (Fsp3) is 0.526. The maximum Gasteiger partial charge on any atom is 0.123 e. The largest absolute Gasteiger partial charge is 0.496 e. The summed E-state index contributed by atoms with van der Waals surface area (Å²) in [4.78, 5) is 2.51. The molecule has 0 spiro atoms. The standard InChI is InChI=1S/C19H28N4O/c1-15-18(13-21-22(15)2)12-20-11-16-6-7-19(24-3)17(10-16)14-23-8-4-5-9-23/h6-7,10,13,20H,4-5,8-9,11-12,14H2,1-3H3. The first-order chi connectivity index (χ1) is 11.7. The van der Waals surface area contributed by atoms with Gasteiger partial charge in [0.2, 0.25) is 0 Å². The number of nitrogens with one attached hydrogen (secondary N) is 1. The van der Waals surface area contributed by atoms with Crippen LogP contribution in [0, 0.1) is 6.92 Å². The van der Waals surface area contributed by atoms with Gasteiger partial charge in [0.25, 0.3) is 0 Å². The van der Waals surface area contributed by atoms with E-state index in [1.54, 1.807) is 7.11 Å². The zero-order valence-corrected chi connectivity index (χ0v) is 15.0. The first-order valence-corrected chi connectivity index (χ1v) is 8.73. The Morgan fingerprint density at radius 1 is 1.17 bits per heavy atom. The van der Waals surface area contributed by atoms with Crippen molar-refractivity contribution in [2.75, 3.05) is 20.2 Å². The van der Waals surface area contributed by atoms with Crippen LogP contribution in [0.3, 0.4) is 0 Å². The fourth-order valence-corrected chi connectivity index (χ4v) is 3.31. The highest BCUT2D eigenvalue weighted by molar-refractivity contribution is 5.37. The van der Waals surface area contributed by atoms with Gasteiger partial charge in [0.1, 0.15) is 5.75 Å². The molecule has 0 unspecified atom stereocenters. The third-order valence-electron chi connectivity index (χ3n) is 4.92. The van der Waals surface area contributed by atoms with Gasteiger partial charge in [-0.2, -0.15) is 5.10 Å². The molecule has 1 N–H and O–H groups in total. The quantitative estimate of drug-likeness (QED) is 0.848. The first kappa shape index (κ1) is 17.0. The molecule has 0 aliphatic carbocycles. The molecule has 1 aliphatic heterocycles. The maximum absolute atomic E-state index is 5.54. The topological polar surface area (TPSA) is 42.3 Å². The molecule has 0 saturated carbocycles. The summed E-state index contributed by atoms with van der Waals surface area (Å²) in [5.74, 6) is 0.994. The molecule has 3 rings (SSSR count). The first-order valence-electron chi connectivity index (χ1n) is 8.73. The van der Waals surface area contributed by atoms with E-state index in [0.717, 1.165) is 25.4 Å². The summed E-state index contributed by atoms with van der Waals surface area (Å²) in [7, 11) is 3.73. The highest BCUT2D eigenvalue weighted by atomic mass is 16.5. The van der Waals surface area contributed by atoms with Gasteiger partial charge in [-0.05, 0) is 50.6 Å². The van der Waals surface area contributed by atoms with Crippen LogP contribution in [-0.4, -0.2) is 34.9 Å². The second-order valence-corrected chi connectivity index (χ2v) is 6.61. The Hall–Kier alpha value is -1.85. The summed E-state index contributed by atoms with van der Waals surface area (Å²) in [6, 6.07) is 6.52. The minimum atomic E-state index is 0.840. The van der Waals surface area contributed by atoms with E-state index < -0.39 is 0 Å². The van der Waals surface area contributed by atoms with Crippen molar-refractivity contribution < 1.29 is 4.74 Å². The molecule has 2 heterocycles. The molecule has 1 aromatic heterocycles. The molecule has 1 fully saturated rings. The van der Waals surface area contributed by atoms with E-state index in [9.17, 15) is 0 Å². The van der Waals surface area contributed by atoms with Gasteiger partial charge in [0.05, 0.1) is 13.3 Å². The van der Waals surface area contributed by atoms with Crippen LogP contribution in [0.25, 0.3) is 0 Å². The monoisotopic (exact) mass is 328 g/mol. The Bertz CT molecular complexity index is 674. The van der Waals surface area contributed by atoms with Crippen LogP contribution in [-0.2, 0) is 26.7 Å². The highest BCUT2D eigenvalue weighted by Crippen LogP contribution is 2.23. The lowest BCUT2D eigenvalue weighted by Gasteiger charge is -2.18. The van der Waals surface area contributed by atoms with Crippen molar-refractivity contribution in [1.29, 1.82) is 0 Å². The molecule has 0 radical (unpaired) electrons. The van der Waals surface area contributed by atoms with Gasteiger partial charge in [-0.1, -0.05) is 6.07 Å². The number of aryl methyl sites for hydroxylation is 1. The highest BCUT2D eigenvalue weighted by Gasteiger charge is 2.14. The molecule has 1 aromatic carbocycles. The lowest BCUT2D eigenvalue weighted by atomic mass is 10.1. The third-order valence-corrected chi connectivity index (χ3v) is 4.92. The van der Waals surface area contributed by atoms with Gasteiger partial charge in [-0.3, -0.25) is 9.58 Å². The predicted octanol–water partition coefficient (Wildman–Crippen LogP) is 2.62. The zero-order chi connectivity index (χ0) is 16.9. The molecular weight excluding hydrogens is 300 g/mol. The van der Waals surface area contributed by atoms with Crippen LogP contribution in [0.15, 0.2) is 24.4 Å². The molecule has 5 nitrogen and oxygen atoms in total. The number of ether oxygens (including phenoxy) is 1. The SMILES string of the molecule is COc1ccc(CNCc2cnn(C)c2C)cc1CN1CCCC1. The van der Waals surface area contributed by atoms with Gasteiger partial charge in [-0.15, -0.1) is 0 Å². The Morgan fingerprint density at radius 2 is 1.96 bits per heavy atom. The zero-order valence-electron chi connectivity index (χ0n) is 15.0. The summed E-state index contributed by atoms with van der Waals surface area (Å²) in [6.07, 6.45) is 4.57. The number of likely N-dealkylation sites (tertiary alicyclic amines) is 1. The van der Waals surface area contributed by atoms with Crippen molar-refractivity contribution in [3.8, 4) is 5.75 Å². The molecule has 130 valence electrons. The van der Waals surface area contributed by atoms with E-state index in [-0.39, 0.29) is 0 Å². The second-order valence-electron chi connectivity index (χ2n) is 6.61. The van der Waals surface area contributed by atoms with Gasteiger partial charge in [0, 0.05) is 43.5 Å². The summed E-state index contributed by atoms with van der Waals surface area (Å²) in [5, 5.41) is 7.81. The van der Waals surface area contributed by atoms with Gasteiger partial charge in [-0.25, -0.2) is 0 Å². The number of nitrogens with zero attached hydrogens (tertiary/aromatic N) is 3. The molecule has 0 amide bonds. The van der Waals surface area contributed by atoms with E-state index in [1.165, 1.54) is 48.3 Å². The van der Waals surface area contributed by atoms with Crippen molar-refractivity contribution in [2.45, 2.75) is 39.4 Å². The van der Waals surface area contributed by atoms with E-state index in [4.69, 9.17) is 4.74 Å². The molecule has 0 bridgehead atoms. The summed E-state index contributed by atoms with van der Waals surface area (Å²) in [5.41, 5.74) is 5.05. The van der Waals surface area contributed by atoms with Crippen molar-refractivity contribution in [3.05, 3.63) is 46.8 Å². The number of hydrogen-bond acceptors (Lipinski definition) is 4. The van der Waals surface area contributed by atoms with Crippen LogP contribution in [0.4, 0.5) is 0 Å².